The molecule has 0 bridgehead atoms. The third-order valence-electron chi connectivity index (χ3n) is 2.55. The molecule has 1 aliphatic heterocycles. The Balaban J connectivity index is 2.55. The second-order valence-electron chi connectivity index (χ2n) is 4.36. The van der Waals surface area contributed by atoms with Crippen molar-refractivity contribution in [2.45, 2.75) is 19.4 Å². The van der Waals surface area contributed by atoms with Crippen molar-refractivity contribution in [3.63, 3.8) is 0 Å². The molecular formula is C12H13NO4. The normalized spacial score (nSPS) is 15.9. The minimum absolute atomic E-state index is 0.0563. The van der Waals surface area contributed by atoms with E-state index in [4.69, 9.17) is 9.47 Å². The quantitative estimate of drug-likeness (QED) is 0.584. The van der Waals surface area contributed by atoms with Crippen molar-refractivity contribution in [3.05, 3.63) is 33.9 Å². The maximum absolute atomic E-state index is 10.9. The Morgan fingerprint density at radius 1 is 1.41 bits per heavy atom. The molecule has 90 valence electrons. The Bertz CT molecular complexity index is 505. The summed E-state index contributed by atoms with van der Waals surface area (Å²) in [5.41, 5.74) is 0.227. The van der Waals surface area contributed by atoms with Crippen molar-refractivity contribution in [3.8, 4) is 11.5 Å². The number of rotatable bonds is 2. The molecule has 0 fully saturated rings. The van der Waals surface area contributed by atoms with Gasteiger partial charge in [0.25, 0.3) is 0 Å². The van der Waals surface area contributed by atoms with Crippen LogP contribution in [0.3, 0.4) is 0 Å². The second kappa shape index (κ2) is 3.76. The fourth-order valence-electron chi connectivity index (χ4n) is 1.70. The van der Waals surface area contributed by atoms with Crippen LogP contribution in [0.25, 0.3) is 6.08 Å². The monoisotopic (exact) mass is 235 g/mol. The van der Waals surface area contributed by atoms with Gasteiger partial charge in [0, 0.05) is 17.7 Å². The molecule has 1 aromatic rings. The third kappa shape index (κ3) is 2.08. The number of methoxy groups -OCH3 is 1. The Hall–Kier alpha value is -2.04. The summed E-state index contributed by atoms with van der Waals surface area (Å²) in [6.07, 6.45) is 3.69. The van der Waals surface area contributed by atoms with Crippen LogP contribution in [-0.2, 0) is 0 Å². The van der Waals surface area contributed by atoms with E-state index >= 15 is 0 Å². The summed E-state index contributed by atoms with van der Waals surface area (Å²) in [6.45, 7) is 3.83. The predicted molar refractivity (Wildman–Crippen MR) is 63.4 cm³/mol. The molecule has 0 saturated carbocycles. The van der Waals surface area contributed by atoms with E-state index in [-0.39, 0.29) is 11.4 Å². The summed E-state index contributed by atoms with van der Waals surface area (Å²) in [5, 5.41) is 10.9. The maximum Gasteiger partial charge on any atom is 0.311 e. The van der Waals surface area contributed by atoms with Crippen LogP contribution in [0.4, 0.5) is 5.69 Å². The van der Waals surface area contributed by atoms with Crippen molar-refractivity contribution in [2.24, 2.45) is 0 Å². The summed E-state index contributed by atoms with van der Waals surface area (Å²) in [7, 11) is 1.40. The zero-order chi connectivity index (χ0) is 12.6. The van der Waals surface area contributed by atoms with Crippen LogP contribution in [-0.4, -0.2) is 17.6 Å². The highest BCUT2D eigenvalue weighted by Crippen LogP contribution is 2.39. The zero-order valence-electron chi connectivity index (χ0n) is 9.89. The first-order valence-corrected chi connectivity index (χ1v) is 5.17. The van der Waals surface area contributed by atoms with Gasteiger partial charge in [-0.3, -0.25) is 10.1 Å². The van der Waals surface area contributed by atoms with E-state index in [1.54, 1.807) is 6.07 Å². The number of hydrogen-bond acceptors (Lipinski definition) is 4. The highest BCUT2D eigenvalue weighted by Gasteiger charge is 2.26. The van der Waals surface area contributed by atoms with Crippen LogP contribution in [0, 0.1) is 10.1 Å². The van der Waals surface area contributed by atoms with Gasteiger partial charge in [-0.25, -0.2) is 0 Å². The lowest BCUT2D eigenvalue weighted by Crippen LogP contribution is -2.27. The Morgan fingerprint density at radius 2 is 2.12 bits per heavy atom. The fraction of sp³-hybridized carbons (Fsp3) is 0.333. The average molecular weight is 235 g/mol. The third-order valence-corrected chi connectivity index (χ3v) is 2.55. The predicted octanol–water partition coefficient (Wildman–Crippen LogP) is 2.79. The molecule has 2 rings (SSSR count). The molecule has 0 saturated heterocycles. The van der Waals surface area contributed by atoms with E-state index in [1.165, 1.54) is 13.2 Å². The molecule has 0 aromatic heterocycles. The lowest BCUT2D eigenvalue weighted by atomic mass is 10.0. The van der Waals surface area contributed by atoms with Crippen LogP contribution >= 0.6 is 0 Å². The largest absolute Gasteiger partial charge is 0.490 e. The second-order valence-corrected chi connectivity index (χ2v) is 4.36. The molecule has 1 heterocycles. The van der Waals surface area contributed by atoms with E-state index in [2.05, 4.69) is 0 Å². The van der Waals surface area contributed by atoms with E-state index in [0.717, 1.165) is 0 Å². The minimum Gasteiger partial charge on any atom is -0.490 e. The zero-order valence-corrected chi connectivity index (χ0v) is 9.89. The van der Waals surface area contributed by atoms with Gasteiger partial charge in [0.2, 0.25) is 5.75 Å². The molecular weight excluding hydrogens is 222 g/mol. The van der Waals surface area contributed by atoms with Gasteiger partial charge >= 0.3 is 5.69 Å². The van der Waals surface area contributed by atoms with Crippen molar-refractivity contribution in [1.29, 1.82) is 0 Å². The maximum atomic E-state index is 10.9. The van der Waals surface area contributed by atoms with Gasteiger partial charge in [0.05, 0.1) is 12.0 Å². The molecule has 5 heteroatoms. The molecule has 0 aliphatic carbocycles. The number of nitro benzene ring substituents is 1. The number of benzene rings is 1. The van der Waals surface area contributed by atoms with E-state index < -0.39 is 10.5 Å². The molecule has 5 nitrogen and oxygen atoms in total. The summed E-state index contributed by atoms with van der Waals surface area (Å²) < 4.78 is 10.7. The lowest BCUT2D eigenvalue weighted by Gasteiger charge is -2.27. The lowest BCUT2D eigenvalue weighted by molar-refractivity contribution is -0.385. The van der Waals surface area contributed by atoms with Gasteiger partial charge in [-0.05, 0) is 19.9 Å². The van der Waals surface area contributed by atoms with Crippen LogP contribution in [0.15, 0.2) is 18.2 Å². The average Bonchev–Trinajstić information content (AvgIpc) is 2.25. The standard InChI is InChI=1S/C12H13NO4/c1-12(2)5-4-8-6-9(13(14)15)11(16-3)7-10(8)17-12/h4-7H,1-3H3. The molecule has 1 aromatic carbocycles. The summed E-state index contributed by atoms with van der Waals surface area (Å²) >= 11 is 0. The Kier molecular flexibility index (Phi) is 2.53. The molecule has 0 unspecified atom stereocenters. The first-order valence-electron chi connectivity index (χ1n) is 5.17. The molecule has 0 N–H and O–H groups in total. The fourth-order valence-corrected chi connectivity index (χ4v) is 1.70. The number of ether oxygens (including phenoxy) is 2. The smallest absolute Gasteiger partial charge is 0.311 e. The van der Waals surface area contributed by atoms with Crippen LogP contribution < -0.4 is 9.47 Å². The van der Waals surface area contributed by atoms with Gasteiger partial charge < -0.3 is 9.47 Å². The van der Waals surface area contributed by atoms with Crippen LogP contribution in [0.2, 0.25) is 0 Å². The van der Waals surface area contributed by atoms with Crippen molar-refractivity contribution in [2.75, 3.05) is 7.11 Å². The van der Waals surface area contributed by atoms with Gasteiger partial charge in [-0.15, -0.1) is 0 Å². The van der Waals surface area contributed by atoms with Crippen molar-refractivity contribution in [1.82, 2.24) is 0 Å². The highest BCUT2D eigenvalue weighted by atomic mass is 16.6. The van der Waals surface area contributed by atoms with Crippen molar-refractivity contribution < 1.29 is 14.4 Å². The van der Waals surface area contributed by atoms with E-state index in [1.807, 2.05) is 26.0 Å². The van der Waals surface area contributed by atoms with Gasteiger partial charge in [-0.2, -0.15) is 0 Å². The Morgan fingerprint density at radius 3 is 2.71 bits per heavy atom. The molecule has 0 spiro atoms. The van der Waals surface area contributed by atoms with Crippen LogP contribution in [0.5, 0.6) is 11.5 Å². The summed E-state index contributed by atoms with van der Waals surface area (Å²) in [6, 6.07) is 3.01. The summed E-state index contributed by atoms with van der Waals surface area (Å²) in [4.78, 5) is 10.4. The van der Waals surface area contributed by atoms with Gasteiger partial charge in [0.1, 0.15) is 11.4 Å². The van der Waals surface area contributed by atoms with Crippen LogP contribution in [0.1, 0.15) is 19.4 Å². The number of fused-ring (bicyclic) bond motifs is 1. The van der Waals surface area contributed by atoms with E-state index in [9.17, 15) is 10.1 Å². The highest BCUT2D eigenvalue weighted by molar-refractivity contribution is 5.67. The molecule has 17 heavy (non-hydrogen) atoms. The molecule has 1 aliphatic rings. The number of hydrogen-bond donors (Lipinski definition) is 0. The minimum atomic E-state index is -0.466. The van der Waals surface area contributed by atoms with E-state index in [0.29, 0.717) is 11.3 Å². The first-order chi connectivity index (χ1) is 7.93. The van der Waals surface area contributed by atoms with Gasteiger partial charge in [0.15, 0.2) is 0 Å². The topological polar surface area (TPSA) is 61.6 Å². The Labute approximate surface area is 98.8 Å². The number of nitro groups is 1. The molecule has 0 radical (unpaired) electrons. The molecule has 0 amide bonds. The first kappa shape index (κ1) is 11.4. The van der Waals surface area contributed by atoms with Gasteiger partial charge in [-0.1, -0.05) is 6.08 Å². The molecule has 0 atom stereocenters. The summed E-state index contributed by atoms with van der Waals surface area (Å²) in [5.74, 6) is 0.805. The number of nitrogens with zero attached hydrogens (tertiary/aromatic N) is 1. The SMILES string of the molecule is COc1cc2c(cc1[N+](=O)[O-])C=CC(C)(C)O2. The van der Waals surface area contributed by atoms with Crippen molar-refractivity contribution >= 4 is 11.8 Å².